The number of aliphatic hydroxyl groups is 1. The van der Waals surface area contributed by atoms with Gasteiger partial charge in [0.05, 0.1) is 6.10 Å². The summed E-state index contributed by atoms with van der Waals surface area (Å²) in [5, 5.41) is 10.4. The first-order chi connectivity index (χ1) is 15.5. The summed E-state index contributed by atoms with van der Waals surface area (Å²) in [6, 6.07) is 0. The van der Waals surface area contributed by atoms with Crippen LogP contribution in [0.4, 0.5) is 0 Å². The van der Waals surface area contributed by atoms with Gasteiger partial charge in [-0.25, -0.2) is 0 Å². The molecule has 0 spiro atoms. The van der Waals surface area contributed by atoms with Gasteiger partial charge in [0.2, 0.25) is 0 Å². The smallest absolute Gasteiger partial charge is 0.139 e. The van der Waals surface area contributed by atoms with Gasteiger partial charge in [-0.15, -0.1) is 0 Å². The third-order valence-corrected chi connectivity index (χ3v) is 10.7. The van der Waals surface area contributed by atoms with Gasteiger partial charge < -0.3 is 5.11 Å². The average molecular weight is 459 g/mol. The zero-order chi connectivity index (χ0) is 24.6. The maximum Gasteiger partial charge on any atom is 0.139 e. The number of carbonyl (C=O) groups is 2. The summed E-state index contributed by atoms with van der Waals surface area (Å²) in [5.41, 5.74) is 0.524. The molecule has 0 unspecified atom stereocenters. The van der Waals surface area contributed by atoms with Gasteiger partial charge in [0.1, 0.15) is 11.6 Å². The molecule has 3 saturated carbocycles. The molecule has 3 aliphatic carbocycles. The fraction of sp³-hybridized carbons (Fsp3) is 0.867. The van der Waals surface area contributed by atoms with Gasteiger partial charge in [-0.3, -0.25) is 9.59 Å². The van der Waals surface area contributed by atoms with Crippen LogP contribution in [0.25, 0.3) is 0 Å². The first kappa shape index (κ1) is 26.6. The normalized spacial score (nSPS) is 39.1. The summed E-state index contributed by atoms with van der Waals surface area (Å²) in [7, 11) is 0. The standard InChI is InChI=1S/C30H50O3/c1-8-22(19(2)3)10-9-20(4)23-12-14-28(33)30(23,7)17-15-25-27(32)13-11-24-21(5)26(31)16-18-29(24,25)6/h19-20,22-26,31H,5,8-18H2,1-4,6-7H3/t20-,22+,23-,24+,25+,26+,29-,30-/m1/s1. The molecule has 3 fully saturated rings. The molecule has 3 nitrogen and oxygen atoms in total. The lowest BCUT2D eigenvalue weighted by Crippen LogP contribution is -2.49. The van der Waals surface area contributed by atoms with E-state index in [9.17, 15) is 14.7 Å². The minimum Gasteiger partial charge on any atom is -0.389 e. The van der Waals surface area contributed by atoms with Crippen LogP contribution in [0.15, 0.2) is 12.2 Å². The molecule has 33 heavy (non-hydrogen) atoms. The topological polar surface area (TPSA) is 54.4 Å². The SMILES string of the molecule is C=C1[C@@H](O)CC[C@]2(C)[C@H]1CCC(=O)[C@@H]2CC[C@@]1(C)C(=O)CC[C@@H]1[C@H](C)CC[C@H](CC)C(C)C. The number of fused-ring (bicyclic) bond motifs is 1. The summed E-state index contributed by atoms with van der Waals surface area (Å²) >= 11 is 0. The molecule has 0 aromatic rings. The van der Waals surface area contributed by atoms with Gasteiger partial charge in [-0.05, 0) is 85.5 Å². The second-order valence-electron chi connectivity index (χ2n) is 12.7. The Morgan fingerprint density at radius 1 is 1.06 bits per heavy atom. The van der Waals surface area contributed by atoms with Crippen molar-refractivity contribution in [1.82, 2.24) is 0 Å². The van der Waals surface area contributed by atoms with Crippen molar-refractivity contribution in [2.75, 3.05) is 0 Å². The predicted octanol–water partition coefficient (Wildman–Crippen LogP) is 7.16. The molecule has 8 atom stereocenters. The molecular formula is C30H50O3. The lowest BCUT2D eigenvalue weighted by Gasteiger charge is -2.52. The lowest BCUT2D eigenvalue weighted by atomic mass is 9.52. The Morgan fingerprint density at radius 3 is 2.39 bits per heavy atom. The largest absolute Gasteiger partial charge is 0.389 e. The van der Waals surface area contributed by atoms with E-state index in [1.54, 1.807) is 0 Å². The quantitative estimate of drug-likeness (QED) is 0.373. The fourth-order valence-electron chi connectivity index (χ4n) is 8.18. The van der Waals surface area contributed by atoms with Crippen LogP contribution in [0.3, 0.4) is 0 Å². The highest BCUT2D eigenvalue weighted by Gasteiger charge is 2.53. The maximum atomic E-state index is 13.2. The van der Waals surface area contributed by atoms with Gasteiger partial charge in [0.15, 0.2) is 0 Å². The zero-order valence-electron chi connectivity index (χ0n) is 22.3. The minimum atomic E-state index is -0.422. The molecule has 3 aliphatic rings. The van der Waals surface area contributed by atoms with Gasteiger partial charge in [-0.1, -0.05) is 61.0 Å². The van der Waals surface area contributed by atoms with Crippen molar-refractivity contribution in [3.63, 3.8) is 0 Å². The van der Waals surface area contributed by atoms with Crippen LogP contribution in [-0.2, 0) is 9.59 Å². The van der Waals surface area contributed by atoms with Crippen molar-refractivity contribution in [3.05, 3.63) is 12.2 Å². The number of rotatable bonds is 9. The minimum absolute atomic E-state index is 0.00732. The maximum absolute atomic E-state index is 13.2. The van der Waals surface area contributed by atoms with Gasteiger partial charge >= 0.3 is 0 Å². The second kappa shape index (κ2) is 10.3. The average Bonchev–Trinajstić information content (AvgIpc) is 3.05. The van der Waals surface area contributed by atoms with Crippen LogP contribution in [0.1, 0.15) is 112 Å². The number of aliphatic hydroxyl groups excluding tert-OH is 1. The first-order valence-electron chi connectivity index (χ1n) is 13.9. The number of hydrogen-bond acceptors (Lipinski definition) is 3. The summed E-state index contributed by atoms with van der Waals surface area (Å²) in [6.45, 7) is 18.0. The molecule has 1 N–H and O–H groups in total. The highest BCUT2D eigenvalue weighted by Crippen LogP contribution is 2.57. The monoisotopic (exact) mass is 458 g/mol. The third-order valence-electron chi connectivity index (χ3n) is 10.7. The molecule has 0 aromatic heterocycles. The van der Waals surface area contributed by atoms with Gasteiger partial charge in [0.25, 0.3) is 0 Å². The Labute approximate surface area is 203 Å². The van der Waals surface area contributed by atoms with Crippen LogP contribution in [0.2, 0.25) is 0 Å². The Hall–Kier alpha value is -0.960. The van der Waals surface area contributed by atoms with Crippen LogP contribution < -0.4 is 0 Å². The van der Waals surface area contributed by atoms with Crippen molar-refractivity contribution in [3.8, 4) is 0 Å². The highest BCUT2D eigenvalue weighted by atomic mass is 16.3. The number of carbonyl (C=O) groups excluding carboxylic acids is 2. The van der Waals surface area contributed by atoms with Crippen molar-refractivity contribution < 1.29 is 14.7 Å². The van der Waals surface area contributed by atoms with E-state index in [0.29, 0.717) is 48.6 Å². The molecular weight excluding hydrogens is 408 g/mol. The van der Waals surface area contributed by atoms with E-state index in [4.69, 9.17) is 0 Å². The van der Waals surface area contributed by atoms with Crippen molar-refractivity contribution in [1.29, 1.82) is 0 Å². The number of hydrogen-bond donors (Lipinski definition) is 1. The molecule has 3 heteroatoms. The Bertz CT molecular complexity index is 739. The molecule has 0 bridgehead atoms. The fourth-order valence-corrected chi connectivity index (χ4v) is 8.18. The molecule has 3 rings (SSSR count). The molecule has 0 aromatic carbocycles. The van der Waals surface area contributed by atoms with Crippen molar-refractivity contribution in [2.45, 2.75) is 118 Å². The Kier molecular flexibility index (Phi) is 8.35. The number of Topliss-reactive ketones (excluding diaryl/α,β-unsaturated/α-hetero) is 2. The van der Waals surface area contributed by atoms with E-state index in [2.05, 4.69) is 48.1 Å². The third kappa shape index (κ3) is 5.04. The molecule has 0 heterocycles. The molecule has 0 amide bonds. The van der Waals surface area contributed by atoms with E-state index in [-0.39, 0.29) is 22.7 Å². The van der Waals surface area contributed by atoms with E-state index in [1.165, 1.54) is 19.3 Å². The van der Waals surface area contributed by atoms with E-state index < -0.39 is 6.10 Å². The first-order valence-corrected chi connectivity index (χ1v) is 13.9. The Balaban J connectivity index is 1.71. The van der Waals surface area contributed by atoms with Crippen molar-refractivity contribution >= 4 is 11.6 Å². The van der Waals surface area contributed by atoms with E-state index >= 15 is 0 Å². The van der Waals surface area contributed by atoms with Gasteiger partial charge in [0, 0.05) is 24.2 Å². The molecule has 188 valence electrons. The van der Waals surface area contributed by atoms with Crippen LogP contribution in [0.5, 0.6) is 0 Å². The number of ketones is 2. The van der Waals surface area contributed by atoms with Crippen LogP contribution in [0, 0.1) is 46.3 Å². The lowest BCUT2D eigenvalue weighted by molar-refractivity contribution is -0.137. The van der Waals surface area contributed by atoms with Crippen LogP contribution in [-0.4, -0.2) is 22.8 Å². The highest BCUT2D eigenvalue weighted by molar-refractivity contribution is 5.87. The van der Waals surface area contributed by atoms with E-state index in [0.717, 1.165) is 43.6 Å². The summed E-state index contributed by atoms with van der Waals surface area (Å²) < 4.78 is 0. The van der Waals surface area contributed by atoms with E-state index in [1.807, 2.05) is 0 Å². The Morgan fingerprint density at radius 2 is 1.76 bits per heavy atom. The summed E-state index contributed by atoms with van der Waals surface area (Å²) in [5.74, 6) is 3.48. The van der Waals surface area contributed by atoms with Crippen LogP contribution >= 0.6 is 0 Å². The molecule has 0 aliphatic heterocycles. The summed E-state index contributed by atoms with van der Waals surface area (Å²) in [4.78, 5) is 26.3. The molecule has 0 radical (unpaired) electrons. The molecule has 0 saturated heterocycles. The summed E-state index contributed by atoms with van der Waals surface area (Å²) in [6.07, 6.45) is 9.62. The zero-order valence-corrected chi connectivity index (χ0v) is 22.3. The van der Waals surface area contributed by atoms with Gasteiger partial charge in [-0.2, -0.15) is 0 Å². The van der Waals surface area contributed by atoms with Crippen molar-refractivity contribution in [2.24, 2.45) is 46.3 Å². The predicted molar refractivity (Wildman–Crippen MR) is 136 cm³/mol. The second-order valence-corrected chi connectivity index (χ2v) is 12.7.